The van der Waals surface area contributed by atoms with Crippen molar-refractivity contribution in [1.29, 1.82) is 0 Å². The van der Waals surface area contributed by atoms with Crippen LogP contribution in [0.4, 0.5) is 0 Å². The molecule has 1 aliphatic heterocycles. The Morgan fingerprint density at radius 1 is 1.22 bits per heavy atom. The summed E-state index contributed by atoms with van der Waals surface area (Å²) in [7, 11) is 5.51. The van der Waals surface area contributed by atoms with E-state index in [4.69, 9.17) is 0 Å². The molecule has 0 aromatic rings. The molecule has 2 unspecified atom stereocenters. The molecule has 160 valence electrons. The first-order valence-corrected chi connectivity index (χ1v) is 10.3. The summed E-state index contributed by atoms with van der Waals surface area (Å²) in [5.41, 5.74) is 0. The zero-order chi connectivity index (χ0) is 19.5. The van der Waals surface area contributed by atoms with Crippen LogP contribution in [-0.2, 0) is 4.79 Å². The van der Waals surface area contributed by atoms with E-state index in [1.54, 1.807) is 4.90 Å². The van der Waals surface area contributed by atoms with E-state index in [2.05, 4.69) is 41.3 Å². The smallest absolute Gasteiger partial charge is 0.239 e. The van der Waals surface area contributed by atoms with Crippen LogP contribution in [0.3, 0.4) is 0 Å². The van der Waals surface area contributed by atoms with E-state index in [1.807, 2.05) is 21.1 Å². The van der Waals surface area contributed by atoms with E-state index in [-0.39, 0.29) is 35.9 Å². The molecular formula is C20H42IN5O. The highest BCUT2D eigenvalue weighted by Gasteiger charge is 2.30. The van der Waals surface area contributed by atoms with E-state index in [9.17, 15) is 4.79 Å². The summed E-state index contributed by atoms with van der Waals surface area (Å²) >= 11 is 0. The number of carbonyl (C=O) groups is 1. The van der Waals surface area contributed by atoms with Crippen molar-refractivity contribution in [2.24, 2.45) is 10.9 Å². The number of guanidine groups is 1. The quantitative estimate of drug-likeness (QED) is 0.212. The van der Waals surface area contributed by atoms with E-state index < -0.39 is 0 Å². The molecule has 0 radical (unpaired) electrons. The zero-order valence-electron chi connectivity index (χ0n) is 18.3. The maximum Gasteiger partial charge on any atom is 0.239 e. The molecule has 27 heavy (non-hydrogen) atoms. The number of nitrogens with zero attached hydrogens (tertiary/aromatic N) is 3. The van der Waals surface area contributed by atoms with Gasteiger partial charge in [-0.1, -0.05) is 26.7 Å². The number of nitrogens with one attached hydrogen (secondary N) is 2. The molecule has 7 heteroatoms. The van der Waals surface area contributed by atoms with Gasteiger partial charge in [0.25, 0.3) is 0 Å². The van der Waals surface area contributed by atoms with Crippen molar-refractivity contribution in [1.82, 2.24) is 20.4 Å². The molecule has 6 nitrogen and oxygen atoms in total. The van der Waals surface area contributed by atoms with Crippen molar-refractivity contribution in [3.05, 3.63) is 0 Å². The molecule has 2 atom stereocenters. The van der Waals surface area contributed by atoms with Crippen molar-refractivity contribution in [3.8, 4) is 0 Å². The van der Waals surface area contributed by atoms with Crippen LogP contribution in [0.5, 0.6) is 0 Å². The predicted molar refractivity (Wildman–Crippen MR) is 126 cm³/mol. The molecule has 1 rings (SSSR count). The molecule has 0 saturated carbocycles. The highest BCUT2D eigenvalue weighted by molar-refractivity contribution is 14.0. The van der Waals surface area contributed by atoms with Crippen molar-refractivity contribution < 1.29 is 4.79 Å². The van der Waals surface area contributed by atoms with Crippen molar-refractivity contribution >= 4 is 35.8 Å². The molecule has 0 spiro atoms. The van der Waals surface area contributed by atoms with E-state index in [0.29, 0.717) is 6.04 Å². The third kappa shape index (κ3) is 10.5. The number of hydrogen-bond acceptors (Lipinski definition) is 3. The number of rotatable bonds is 10. The fraction of sp³-hybridized carbons (Fsp3) is 0.900. The Morgan fingerprint density at radius 3 is 2.52 bits per heavy atom. The highest BCUT2D eigenvalue weighted by atomic mass is 127. The average Bonchev–Trinajstić information content (AvgIpc) is 3.04. The summed E-state index contributed by atoms with van der Waals surface area (Å²) in [4.78, 5) is 20.6. The second kappa shape index (κ2) is 14.4. The van der Waals surface area contributed by atoms with Crippen LogP contribution in [-0.4, -0.2) is 74.5 Å². The average molecular weight is 495 g/mol. The van der Waals surface area contributed by atoms with Gasteiger partial charge in [-0.2, -0.15) is 0 Å². The van der Waals surface area contributed by atoms with Gasteiger partial charge in [0.05, 0.1) is 6.04 Å². The van der Waals surface area contributed by atoms with Gasteiger partial charge in [-0.25, -0.2) is 0 Å². The molecule has 0 aromatic carbocycles. The Morgan fingerprint density at radius 2 is 1.93 bits per heavy atom. The van der Waals surface area contributed by atoms with Crippen LogP contribution >= 0.6 is 24.0 Å². The van der Waals surface area contributed by atoms with E-state index in [1.165, 1.54) is 19.3 Å². The summed E-state index contributed by atoms with van der Waals surface area (Å²) < 4.78 is 0. The molecule has 0 aliphatic carbocycles. The van der Waals surface area contributed by atoms with Gasteiger partial charge in [-0.15, -0.1) is 24.0 Å². The number of carbonyl (C=O) groups excluding carboxylic acids is 1. The molecule has 1 heterocycles. The number of amides is 1. The Hall–Kier alpha value is -0.570. The fourth-order valence-electron chi connectivity index (χ4n) is 3.49. The molecule has 2 N–H and O–H groups in total. The molecule has 1 amide bonds. The van der Waals surface area contributed by atoms with Gasteiger partial charge in [-0.05, 0) is 45.1 Å². The van der Waals surface area contributed by atoms with Crippen LogP contribution < -0.4 is 10.6 Å². The summed E-state index contributed by atoms with van der Waals surface area (Å²) in [6.45, 7) is 9.63. The normalized spacial score (nSPS) is 18.9. The first kappa shape index (κ1) is 26.4. The van der Waals surface area contributed by atoms with Crippen LogP contribution in [0.2, 0.25) is 0 Å². The summed E-state index contributed by atoms with van der Waals surface area (Å²) in [5.74, 6) is 1.89. The van der Waals surface area contributed by atoms with Crippen molar-refractivity contribution in [2.45, 2.75) is 71.4 Å². The van der Waals surface area contributed by atoms with Gasteiger partial charge in [0.15, 0.2) is 5.96 Å². The number of likely N-dealkylation sites (tertiary alicyclic amines) is 1. The Balaban J connectivity index is 0.00000676. The number of hydrogen-bond donors (Lipinski definition) is 2. The molecule has 1 aliphatic rings. The standard InChI is InChI=1S/C20H41N5O.HI/c1-16(2)10-7-11-17(3)23-20(21-4)22-13-9-15-25-14-8-12-18(25)19(26)24(5)6;/h16-18H,7-15H2,1-6H3,(H2,21,22,23);1H. The molecule has 1 saturated heterocycles. The lowest BCUT2D eigenvalue weighted by Crippen LogP contribution is -2.45. The Kier molecular flexibility index (Phi) is 14.1. The van der Waals surface area contributed by atoms with Crippen LogP contribution in [0, 0.1) is 5.92 Å². The van der Waals surface area contributed by atoms with Gasteiger partial charge in [0, 0.05) is 40.3 Å². The molecule has 0 bridgehead atoms. The first-order valence-electron chi connectivity index (χ1n) is 10.3. The Labute approximate surface area is 183 Å². The van der Waals surface area contributed by atoms with Gasteiger partial charge >= 0.3 is 0 Å². The van der Waals surface area contributed by atoms with Crippen LogP contribution in [0.25, 0.3) is 0 Å². The highest BCUT2D eigenvalue weighted by Crippen LogP contribution is 2.18. The second-order valence-corrected chi connectivity index (χ2v) is 8.15. The van der Waals surface area contributed by atoms with Crippen molar-refractivity contribution in [2.75, 3.05) is 40.8 Å². The van der Waals surface area contributed by atoms with Crippen LogP contribution in [0.15, 0.2) is 4.99 Å². The lowest BCUT2D eigenvalue weighted by Gasteiger charge is -2.26. The summed E-state index contributed by atoms with van der Waals surface area (Å²) in [5, 5.41) is 6.88. The minimum Gasteiger partial charge on any atom is -0.356 e. The van der Waals surface area contributed by atoms with Gasteiger partial charge in [0.2, 0.25) is 5.91 Å². The summed E-state index contributed by atoms with van der Waals surface area (Å²) in [6.07, 6.45) is 6.82. The van der Waals surface area contributed by atoms with Gasteiger partial charge < -0.3 is 15.5 Å². The minimum atomic E-state index is 0. The minimum absolute atomic E-state index is 0. The van der Waals surface area contributed by atoms with E-state index >= 15 is 0 Å². The maximum atomic E-state index is 12.2. The number of likely N-dealkylation sites (N-methyl/N-ethyl adjacent to an activating group) is 1. The monoisotopic (exact) mass is 495 g/mol. The van der Waals surface area contributed by atoms with Gasteiger partial charge in [0.1, 0.15) is 0 Å². The lowest BCUT2D eigenvalue weighted by molar-refractivity contribution is -0.133. The third-order valence-corrected chi connectivity index (χ3v) is 5.03. The SMILES string of the molecule is CN=C(NCCCN1CCCC1C(=O)N(C)C)NC(C)CCCC(C)C.I. The topological polar surface area (TPSA) is 60.0 Å². The third-order valence-electron chi connectivity index (χ3n) is 5.03. The maximum absolute atomic E-state index is 12.2. The summed E-state index contributed by atoms with van der Waals surface area (Å²) in [6, 6.07) is 0.504. The number of aliphatic imine (C=N–C) groups is 1. The molecule has 1 fully saturated rings. The fourth-order valence-corrected chi connectivity index (χ4v) is 3.49. The van der Waals surface area contributed by atoms with Gasteiger partial charge in [-0.3, -0.25) is 14.7 Å². The molecule has 0 aromatic heterocycles. The zero-order valence-corrected chi connectivity index (χ0v) is 20.6. The Bertz CT molecular complexity index is 442. The van der Waals surface area contributed by atoms with Crippen LogP contribution in [0.1, 0.15) is 59.3 Å². The second-order valence-electron chi connectivity index (χ2n) is 8.15. The number of halogens is 1. The molecular weight excluding hydrogens is 453 g/mol. The predicted octanol–water partition coefficient (Wildman–Crippen LogP) is 2.93. The lowest BCUT2D eigenvalue weighted by atomic mass is 10.0. The van der Waals surface area contributed by atoms with Crippen molar-refractivity contribution in [3.63, 3.8) is 0 Å². The first-order chi connectivity index (χ1) is 12.3. The van der Waals surface area contributed by atoms with E-state index in [0.717, 1.165) is 50.8 Å². The largest absolute Gasteiger partial charge is 0.356 e.